The summed E-state index contributed by atoms with van der Waals surface area (Å²) < 4.78 is 3.44. The largest absolute Gasteiger partial charge is 0.311 e. The molecule has 0 spiro atoms. The van der Waals surface area contributed by atoms with E-state index in [1.54, 1.807) is 15.6 Å². The third kappa shape index (κ3) is 3.45. The Morgan fingerprint density at radius 2 is 1.93 bits per heavy atom. The minimum atomic E-state index is 0.0216. The van der Waals surface area contributed by atoms with Gasteiger partial charge in [-0.3, -0.25) is 4.79 Å². The molecule has 8 heteroatoms. The maximum Gasteiger partial charge on any atom is 0.225 e. The van der Waals surface area contributed by atoms with Crippen LogP contribution in [-0.4, -0.2) is 35.4 Å². The zero-order valence-electron chi connectivity index (χ0n) is 16.8. The van der Waals surface area contributed by atoms with Gasteiger partial charge in [0.15, 0.2) is 11.5 Å². The molecule has 1 aliphatic rings. The van der Waals surface area contributed by atoms with Crippen molar-refractivity contribution < 1.29 is 4.79 Å². The molecule has 1 N–H and O–H groups in total. The van der Waals surface area contributed by atoms with Gasteiger partial charge < -0.3 is 5.32 Å². The van der Waals surface area contributed by atoms with E-state index in [4.69, 9.17) is 0 Å². The monoisotopic (exact) mass is 401 g/mol. The third-order valence-corrected chi connectivity index (χ3v) is 5.59. The molecule has 0 saturated heterocycles. The van der Waals surface area contributed by atoms with Gasteiger partial charge in [0.25, 0.3) is 0 Å². The molecule has 1 aliphatic carbocycles. The number of para-hydroxylation sites is 1. The van der Waals surface area contributed by atoms with E-state index in [9.17, 15) is 4.79 Å². The van der Waals surface area contributed by atoms with E-state index in [0.29, 0.717) is 29.6 Å². The van der Waals surface area contributed by atoms with Crippen molar-refractivity contribution >= 4 is 22.8 Å². The van der Waals surface area contributed by atoms with Gasteiger partial charge in [-0.1, -0.05) is 31.0 Å². The van der Waals surface area contributed by atoms with E-state index in [0.717, 1.165) is 29.6 Å². The molecule has 30 heavy (non-hydrogen) atoms. The van der Waals surface area contributed by atoms with E-state index >= 15 is 0 Å². The second kappa shape index (κ2) is 7.70. The topological polar surface area (TPSA) is 90.5 Å². The summed E-state index contributed by atoms with van der Waals surface area (Å²) >= 11 is 0. The van der Waals surface area contributed by atoms with Crippen LogP contribution in [0.5, 0.6) is 0 Å². The fraction of sp³-hybridized carbons (Fsp3) is 0.318. The van der Waals surface area contributed by atoms with Crippen molar-refractivity contribution in [2.45, 2.75) is 39.0 Å². The van der Waals surface area contributed by atoms with Gasteiger partial charge in [-0.05, 0) is 37.8 Å². The first-order valence-corrected chi connectivity index (χ1v) is 10.3. The van der Waals surface area contributed by atoms with Crippen molar-refractivity contribution in [3.05, 3.63) is 54.6 Å². The van der Waals surface area contributed by atoms with Crippen molar-refractivity contribution in [3.8, 4) is 11.5 Å². The molecular formula is C22H23N7O. The van der Waals surface area contributed by atoms with Crippen molar-refractivity contribution in [2.24, 2.45) is 5.92 Å². The summed E-state index contributed by atoms with van der Waals surface area (Å²) in [5.41, 5.74) is 2.40. The summed E-state index contributed by atoms with van der Waals surface area (Å²) in [5.74, 6) is 1.71. The zero-order valence-corrected chi connectivity index (χ0v) is 16.8. The molecule has 8 nitrogen and oxygen atoms in total. The molecule has 0 unspecified atom stereocenters. The molecule has 5 rings (SSSR count). The summed E-state index contributed by atoms with van der Waals surface area (Å²) in [4.78, 5) is 21.5. The predicted octanol–water partition coefficient (Wildman–Crippen LogP) is 3.83. The van der Waals surface area contributed by atoms with Gasteiger partial charge in [0.1, 0.15) is 12.1 Å². The first-order valence-electron chi connectivity index (χ1n) is 10.3. The second-order valence-corrected chi connectivity index (χ2v) is 7.81. The fourth-order valence-electron chi connectivity index (χ4n) is 4.18. The van der Waals surface area contributed by atoms with Crippen LogP contribution in [0.3, 0.4) is 0 Å². The molecule has 3 aromatic heterocycles. The minimum absolute atomic E-state index is 0.0216. The summed E-state index contributed by atoms with van der Waals surface area (Å²) in [6.45, 7) is 1.90. The van der Waals surface area contributed by atoms with Crippen LogP contribution in [0.25, 0.3) is 22.5 Å². The lowest BCUT2D eigenvalue weighted by atomic mass is 10.0. The Morgan fingerprint density at radius 3 is 2.73 bits per heavy atom. The number of aryl methyl sites for hydroxylation is 1. The van der Waals surface area contributed by atoms with Crippen molar-refractivity contribution in [2.75, 3.05) is 5.32 Å². The van der Waals surface area contributed by atoms with Crippen LogP contribution in [0.4, 0.5) is 5.82 Å². The van der Waals surface area contributed by atoms with Gasteiger partial charge >= 0.3 is 0 Å². The highest BCUT2D eigenvalue weighted by Crippen LogP contribution is 2.28. The maximum atomic E-state index is 12.6. The van der Waals surface area contributed by atoms with Crippen LogP contribution in [0.2, 0.25) is 0 Å². The van der Waals surface area contributed by atoms with E-state index in [2.05, 4.69) is 25.5 Å². The average Bonchev–Trinajstić information content (AvgIpc) is 3.48. The predicted molar refractivity (Wildman–Crippen MR) is 114 cm³/mol. The highest BCUT2D eigenvalue weighted by Gasteiger charge is 2.21. The Balaban J connectivity index is 1.50. The number of carbonyl (C=O) groups is 1. The first-order chi connectivity index (χ1) is 14.7. The van der Waals surface area contributed by atoms with Gasteiger partial charge in [0.05, 0.1) is 23.0 Å². The quantitative estimate of drug-likeness (QED) is 0.549. The molecule has 1 aromatic carbocycles. The number of hydrogen-bond acceptors (Lipinski definition) is 5. The Labute approximate surface area is 174 Å². The van der Waals surface area contributed by atoms with Gasteiger partial charge in [-0.2, -0.15) is 14.9 Å². The van der Waals surface area contributed by atoms with Crippen LogP contribution in [-0.2, 0) is 4.79 Å². The lowest BCUT2D eigenvalue weighted by molar-refractivity contribution is -0.117. The summed E-state index contributed by atoms with van der Waals surface area (Å²) in [6, 6.07) is 11.7. The minimum Gasteiger partial charge on any atom is -0.311 e. The molecule has 0 atom stereocenters. The molecular weight excluding hydrogens is 378 g/mol. The number of hydrogen-bond donors (Lipinski definition) is 1. The fourth-order valence-corrected chi connectivity index (χ4v) is 4.18. The van der Waals surface area contributed by atoms with Crippen LogP contribution < -0.4 is 5.32 Å². The van der Waals surface area contributed by atoms with Crippen molar-refractivity contribution in [1.29, 1.82) is 0 Å². The molecule has 3 heterocycles. The molecule has 1 saturated carbocycles. The van der Waals surface area contributed by atoms with Gasteiger partial charge in [-0.15, -0.1) is 0 Å². The van der Waals surface area contributed by atoms with Gasteiger partial charge in [0.2, 0.25) is 5.91 Å². The van der Waals surface area contributed by atoms with E-state index in [-0.39, 0.29) is 5.91 Å². The zero-order chi connectivity index (χ0) is 20.5. The molecule has 0 bridgehead atoms. The van der Waals surface area contributed by atoms with Crippen molar-refractivity contribution in [1.82, 2.24) is 29.5 Å². The number of nitrogens with one attached hydrogen (secondary N) is 1. The standard InChI is InChI=1S/C22H23N7O/c1-15-11-19(26-20(30)12-16-7-5-6-8-16)29(27-15)22-18-13-25-28(21(18)23-14-24-22)17-9-3-2-4-10-17/h2-4,9-11,13-14,16H,5-8,12H2,1H3,(H,26,30). The number of amides is 1. The Bertz CT molecular complexity index is 1190. The van der Waals surface area contributed by atoms with Gasteiger partial charge in [-0.25, -0.2) is 14.6 Å². The number of anilines is 1. The van der Waals surface area contributed by atoms with E-state index in [1.165, 1.54) is 19.2 Å². The average molecular weight is 401 g/mol. The third-order valence-electron chi connectivity index (χ3n) is 5.59. The molecule has 0 radical (unpaired) electrons. The summed E-state index contributed by atoms with van der Waals surface area (Å²) in [6.07, 6.45) is 8.50. The number of nitrogens with zero attached hydrogens (tertiary/aromatic N) is 6. The smallest absolute Gasteiger partial charge is 0.225 e. The Kier molecular flexibility index (Phi) is 4.74. The van der Waals surface area contributed by atoms with E-state index < -0.39 is 0 Å². The lowest BCUT2D eigenvalue weighted by Crippen LogP contribution is -2.18. The van der Waals surface area contributed by atoms with E-state index in [1.807, 2.05) is 43.3 Å². The Hall–Kier alpha value is -3.55. The molecule has 1 amide bonds. The second-order valence-electron chi connectivity index (χ2n) is 7.81. The lowest BCUT2D eigenvalue weighted by Gasteiger charge is -2.11. The number of aromatic nitrogens is 6. The molecule has 1 fully saturated rings. The normalized spacial score (nSPS) is 14.4. The maximum absolute atomic E-state index is 12.6. The number of carbonyl (C=O) groups excluding carboxylic acids is 1. The highest BCUT2D eigenvalue weighted by atomic mass is 16.1. The van der Waals surface area contributed by atoms with Crippen LogP contribution >= 0.6 is 0 Å². The van der Waals surface area contributed by atoms with Gasteiger partial charge in [0, 0.05) is 12.5 Å². The molecule has 4 aromatic rings. The highest BCUT2D eigenvalue weighted by molar-refractivity contribution is 5.91. The molecule has 152 valence electrons. The summed E-state index contributed by atoms with van der Waals surface area (Å²) in [7, 11) is 0. The SMILES string of the molecule is Cc1cc(NC(=O)CC2CCCC2)n(-c2ncnc3c2cnn3-c2ccccc2)n1. The first kappa shape index (κ1) is 18.5. The van der Waals surface area contributed by atoms with Crippen LogP contribution in [0.1, 0.15) is 37.8 Å². The number of rotatable bonds is 5. The summed E-state index contributed by atoms with van der Waals surface area (Å²) in [5, 5.41) is 12.9. The van der Waals surface area contributed by atoms with Crippen molar-refractivity contribution in [3.63, 3.8) is 0 Å². The Morgan fingerprint density at radius 1 is 1.13 bits per heavy atom. The van der Waals surface area contributed by atoms with Crippen LogP contribution in [0.15, 0.2) is 48.9 Å². The van der Waals surface area contributed by atoms with Crippen LogP contribution in [0, 0.1) is 12.8 Å². The number of benzene rings is 1. The number of fused-ring (bicyclic) bond motifs is 1. The molecule has 0 aliphatic heterocycles.